The molecule has 2 rings (SSSR count). The summed E-state index contributed by atoms with van der Waals surface area (Å²) < 4.78 is 5.01. The Morgan fingerprint density at radius 3 is 2.68 bits per heavy atom. The van der Waals surface area contributed by atoms with Crippen LogP contribution in [0.25, 0.3) is 5.57 Å². The molecule has 0 aliphatic carbocycles. The van der Waals surface area contributed by atoms with Crippen molar-refractivity contribution in [1.29, 1.82) is 0 Å². The Labute approximate surface area is 120 Å². The first kappa shape index (κ1) is 13.8. The lowest BCUT2D eigenvalue weighted by molar-refractivity contribution is -0.138. The van der Waals surface area contributed by atoms with Gasteiger partial charge in [0.2, 0.25) is 0 Å². The van der Waals surface area contributed by atoms with E-state index in [1.165, 1.54) is 0 Å². The number of benzene rings is 1. The molecule has 0 saturated heterocycles. The molecule has 19 heavy (non-hydrogen) atoms. The smallest absolute Gasteiger partial charge is 0.335 e. The molecule has 1 aromatic rings. The highest BCUT2D eigenvalue weighted by Gasteiger charge is 2.33. The normalized spacial score (nSPS) is 16.4. The van der Waals surface area contributed by atoms with Gasteiger partial charge < -0.3 is 9.64 Å². The molecule has 5 heteroatoms. The number of hydrogen-bond acceptors (Lipinski definition) is 3. The third-order valence-electron chi connectivity index (χ3n) is 3.01. The Morgan fingerprint density at radius 1 is 1.37 bits per heavy atom. The van der Waals surface area contributed by atoms with Crippen LogP contribution in [-0.4, -0.2) is 30.9 Å². The summed E-state index contributed by atoms with van der Waals surface area (Å²) in [7, 11) is 1.70. The second-order valence-electron chi connectivity index (χ2n) is 4.09. The number of carbonyl (C=O) groups is 2. The van der Waals surface area contributed by atoms with Gasteiger partial charge >= 0.3 is 5.97 Å². The minimum atomic E-state index is -0.451. The van der Waals surface area contributed by atoms with Crippen molar-refractivity contribution in [3.63, 3.8) is 0 Å². The molecule has 0 saturated carbocycles. The van der Waals surface area contributed by atoms with Gasteiger partial charge in [-0.1, -0.05) is 34.1 Å². The SMILES string of the molecule is CCOC(=O)/C(CBr)=C1/C(=O)N(C)c2ccccc21. The highest BCUT2D eigenvalue weighted by atomic mass is 79.9. The zero-order chi connectivity index (χ0) is 14.0. The van der Waals surface area contributed by atoms with Gasteiger partial charge in [-0.3, -0.25) is 4.79 Å². The minimum absolute atomic E-state index is 0.177. The maximum atomic E-state index is 12.3. The van der Waals surface area contributed by atoms with Crippen molar-refractivity contribution in [2.75, 3.05) is 23.9 Å². The molecular formula is C14H14BrNO3. The average Bonchev–Trinajstić information content (AvgIpc) is 2.66. The lowest BCUT2D eigenvalue weighted by Gasteiger charge is -2.09. The summed E-state index contributed by atoms with van der Waals surface area (Å²) in [6, 6.07) is 7.41. The van der Waals surface area contributed by atoms with Crippen LogP contribution in [0.3, 0.4) is 0 Å². The van der Waals surface area contributed by atoms with Crippen LogP contribution < -0.4 is 4.90 Å². The highest BCUT2D eigenvalue weighted by molar-refractivity contribution is 9.09. The van der Waals surface area contributed by atoms with E-state index in [2.05, 4.69) is 15.9 Å². The Kier molecular flexibility index (Phi) is 4.04. The van der Waals surface area contributed by atoms with E-state index in [9.17, 15) is 9.59 Å². The van der Waals surface area contributed by atoms with Crippen molar-refractivity contribution in [2.24, 2.45) is 0 Å². The number of carbonyl (C=O) groups excluding carboxylic acids is 2. The maximum Gasteiger partial charge on any atom is 0.335 e. The number of amides is 1. The molecule has 0 bridgehead atoms. The predicted molar refractivity (Wildman–Crippen MR) is 77.2 cm³/mol. The number of halogens is 1. The molecule has 0 fully saturated rings. The van der Waals surface area contributed by atoms with Crippen LogP contribution in [0, 0.1) is 0 Å². The fourth-order valence-electron chi connectivity index (χ4n) is 2.10. The summed E-state index contributed by atoms with van der Waals surface area (Å²) in [5, 5.41) is 0.287. The Balaban J connectivity index is 2.60. The van der Waals surface area contributed by atoms with Crippen LogP contribution in [0.1, 0.15) is 12.5 Å². The first-order valence-corrected chi connectivity index (χ1v) is 7.07. The standard InChI is InChI=1S/C14H14BrNO3/c1-3-19-14(18)10(8-15)12-9-6-4-5-7-11(9)16(2)13(12)17/h4-7H,3,8H2,1-2H3/b12-10+. The largest absolute Gasteiger partial charge is 0.463 e. The fraction of sp³-hybridized carbons (Fsp3) is 0.286. The summed E-state index contributed by atoms with van der Waals surface area (Å²) in [5.41, 5.74) is 2.37. The molecule has 0 aromatic heterocycles. The van der Waals surface area contributed by atoms with E-state index in [1.807, 2.05) is 24.3 Å². The quantitative estimate of drug-likeness (QED) is 0.487. The first-order valence-electron chi connectivity index (χ1n) is 5.95. The van der Waals surface area contributed by atoms with Gasteiger partial charge in [0.1, 0.15) is 0 Å². The number of likely N-dealkylation sites (N-methyl/N-ethyl adjacent to an activating group) is 1. The van der Waals surface area contributed by atoms with Crippen LogP contribution in [0.5, 0.6) is 0 Å². The van der Waals surface area contributed by atoms with Crippen LogP contribution in [0.4, 0.5) is 5.69 Å². The van der Waals surface area contributed by atoms with Crippen LogP contribution in [-0.2, 0) is 14.3 Å². The molecule has 1 amide bonds. The van der Waals surface area contributed by atoms with E-state index in [0.717, 1.165) is 11.3 Å². The third-order valence-corrected chi connectivity index (χ3v) is 3.57. The Morgan fingerprint density at radius 2 is 2.05 bits per heavy atom. The van der Waals surface area contributed by atoms with E-state index >= 15 is 0 Å². The molecule has 1 aromatic carbocycles. The van der Waals surface area contributed by atoms with E-state index in [1.54, 1.807) is 18.9 Å². The summed E-state index contributed by atoms with van der Waals surface area (Å²) in [4.78, 5) is 25.8. The van der Waals surface area contributed by atoms with E-state index in [0.29, 0.717) is 11.1 Å². The van der Waals surface area contributed by atoms with Crippen LogP contribution >= 0.6 is 15.9 Å². The van der Waals surface area contributed by atoms with Gasteiger partial charge in [0.25, 0.3) is 5.91 Å². The number of anilines is 1. The van der Waals surface area contributed by atoms with Gasteiger partial charge in [0.05, 0.1) is 23.4 Å². The molecule has 4 nitrogen and oxygen atoms in total. The third kappa shape index (κ3) is 2.30. The maximum absolute atomic E-state index is 12.3. The van der Waals surface area contributed by atoms with Gasteiger partial charge in [-0.25, -0.2) is 4.79 Å². The van der Waals surface area contributed by atoms with Crippen LogP contribution in [0.15, 0.2) is 29.8 Å². The second kappa shape index (κ2) is 5.57. The molecule has 0 atom stereocenters. The molecule has 1 heterocycles. The van der Waals surface area contributed by atoms with Crippen molar-refractivity contribution in [1.82, 2.24) is 0 Å². The molecule has 0 radical (unpaired) electrons. The number of esters is 1. The van der Waals surface area contributed by atoms with Crippen molar-refractivity contribution < 1.29 is 14.3 Å². The molecule has 1 aliphatic rings. The topological polar surface area (TPSA) is 46.6 Å². The van der Waals surface area contributed by atoms with Crippen molar-refractivity contribution in [3.8, 4) is 0 Å². The van der Waals surface area contributed by atoms with E-state index in [-0.39, 0.29) is 17.8 Å². The lowest BCUT2D eigenvalue weighted by Crippen LogP contribution is -2.22. The van der Waals surface area contributed by atoms with Gasteiger partial charge in [0, 0.05) is 17.9 Å². The molecule has 0 unspecified atom stereocenters. The molecule has 100 valence electrons. The van der Waals surface area contributed by atoms with Crippen LogP contribution in [0.2, 0.25) is 0 Å². The lowest BCUT2D eigenvalue weighted by atomic mass is 10.0. The number of rotatable bonds is 3. The predicted octanol–water partition coefficient (Wildman–Crippen LogP) is 2.37. The molecular weight excluding hydrogens is 310 g/mol. The van der Waals surface area contributed by atoms with Crippen molar-refractivity contribution in [2.45, 2.75) is 6.92 Å². The van der Waals surface area contributed by atoms with Gasteiger partial charge in [-0.2, -0.15) is 0 Å². The van der Waals surface area contributed by atoms with E-state index < -0.39 is 5.97 Å². The summed E-state index contributed by atoms with van der Waals surface area (Å²) in [6.07, 6.45) is 0. The summed E-state index contributed by atoms with van der Waals surface area (Å²) >= 11 is 3.27. The Hall–Kier alpha value is -1.62. The first-order chi connectivity index (χ1) is 9.11. The van der Waals surface area contributed by atoms with E-state index in [4.69, 9.17) is 4.74 Å². The van der Waals surface area contributed by atoms with Gasteiger partial charge in [-0.05, 0) is 13.0 Å². The highest BCUT2D eigenvalue weighted by Crippen LogP contribution is 2.37. The van der Waals surface area contributed by atoms with Gasteiger partial charge in [0.15, 0.2) is 0 Å². The zero-order valence-corrected chi connectivity index (χ0v) is 12.4. The average molecular weight is 324 g/mol. The fourth-order valence-corrected chi connectivity index (χ4v) is 2.61. The van der Waals surface area contributed by atoms with Crippen molar-refractivity contribution >= 4 is 39.1 Å². The summed E-state index contributed by atoms with van der Waals surface area (Å²) in [6.45, 7) is 2.03. The summed E-state index contributed by atoms with van der Waals surface area (Å²) in [5.74, 6) is -0.628. The monoisotopic (exact) mass is 323 g/mol. The Bertz CT molecular complexity index is 566. The number of para-hydroxylation sites is 1. The number of alkyl halides is 1. The molecule has 1 aliphatic heterocycles. The zero-order valence-electron chi connectivity index (χ0n) is 10.8. The number of ether oxygens (including phenoxy) is 1. The molecule has 0 N–H and O–H groups in total. The van der Waals surface area contributed by atoms with Crippen molar-refractivity contribution in [3.05, 3.63) is 35.4 Å². The number of nitrogens with zero attached hydrogens (tertiary/aromatic N) is 1. The number of hydrogen-bond donors (Lipinski definition) is 0. The molecule has 0 spiro atoms. The number of fused-ring (bicyclic) bond motifs is 1. The minimum Gasteiger partial charge on any atom is -0.463 e. The second-order valence-corrected chi connectivity index (χ2v) is 4.65. The van der Waals surface area contributed by atoms with Gasteiger partial charge in [-0.15, -0.1) is 0 Å².